The van der Waals surface area contributed by atoms with Gasteiger partial charge in [-0.1, -0.05) is 11.6 Å². The normalized spacial score (nSPS) is 10.5. The fourth-order valence-electron chi connectivity index (χ4n) is 2.32. The lowest BCUT2D eigenvalue weighted by Gasteiger charge is -2.10. The molecule has 2 aromatic carbocycles. The quantitative estimate of drug-likeness (QED) is 0.526. The topological polar surface area (TPSA) is 57.7 Å². The zero-order valence-corrected chi connectivity index (χ0v) is 13.8. The SMILES string of the molecule is COc1ccc(C(=O)Oc2ccc(Cl)c3cccnc23)cc1OC. The Bertz CT molecular complexity index is 911. The summed E-state index contributed by atoms with van der Waals surface area (Å²) >= 11 is 6.14. The summed E-state index contributed by atoms with van der Waals surface area (Å²) in [4.78, 5) is 16.7. The minimum absolute atomic E-state index is 0.340. The first kappa shape index (κ1) is 16.1. The van der Waals surface area contributed by atoms with Gasteiger partial charge in [-0.2, -0.15) is 0 Å². The van der Waals surface area contributed by atoms with Crippen LogP contribution in [-0.4, -0.2) is 25.2 Å². The van der Waals surface area contributed by atoms with Crippen molar-refractivity contribution in [2.75, 3.05) is 14.2 Å². The molecule has 0 saturated carbocycles. The molecular weight excluding hydrogens is 330 g/mol. The van der Waals surface area contributed by atoms with Gasteiger partial charge in [0.15, 0.2) is 17.2 Å². The minimum Gasteiger partial charge on any atom is -0.493 e. The smallest absolute Gasteiger partial charge is 0.343 e. The van der Waals surface area contributed by atoms with Crippen LogP contribution < -0.4 is 14.2 Å². The van der Waals surface area contributed by atoms with E-state index in [1.54, 1.807) is 42.6 Å². The lowest BCUT2D eigenvalue weighted by atomic mass is 10.2. The van der Waals surface area contributed by atoms with E-state index in [0.717, 1.165) is 5.39 Å². The molecule has 0 bridgehead atoms. The maximum atomic E-state index is 12.4. The number of esters is 1. The summed E-state index contributed by atoms with van der Waals surface area (Å²) in [6.45, 7) is 0. The van der Waals surface area contributed by atoms with Crippen LogP contribution in [0.25, 0.3) is 10.9 Å². The molecule has 0 aliphatic carbocycles. The number of halogens is 1. The van der Waals surface area contributed by atoms with Crippen molar-refractivity contribution in [3.05, 3.63) is 59.2 Å². The molecule has 1 heterocycles. The largest absolute Gasteiger partial charge is 0.493 e. The molecule has 5 nitrogen and oxygen atoms in total. The van der Waals surface area contributed by atoms with Crippen LogP contribution >= 0.6 is 11.6 Å². The molecule has 0 fully saturated rings. The Hall–Kier alpha value is -2.79. The lowest BCUT2D eigenvalue weighted by molar-refractivity contribution is 0.0736. The summed E-state index contributed by atoms with van der Waals surface area (Å²) in [7, 11) is 3.03. The Morgan fingerprint density at radius 2 is 1.75 bits per heavy atom. The van der Waals surface area contributed by atoms with Crippen molar-refractivity contribution in [2.24, 2.45) is 0 Å². The van der Waals surface area contributed by atoms with Crippen LogP contribution in [0.15, 0.2) is 48.7 Å². The molecule has 0 amide bonds. The first-order chi connectivity index (χ1) is 11.6. The van der Waals surface area contributed by atoms with E-state index < -0.39 is 5.97 Å². The molecule has 122 valence electrons. The molecule has 0 N–H and O–H groups in total. The molecular formula is C18H14ClNO4. The van der Waals surface area contributed by atoms with Gasteiger partial charge in [-0.3, -0.25) is 4.98 Å². The van der Waals surface area contributed by atoms with Gasteiger partial charge in [-0.15, -0.1) is 0 Å². The van der Waals surface area contributed by atoms with Crippen molar-refractivity contribution >= 4 is 28.5 Å². The Kier molecular flexibility index (Phi) is 4.53. The zero-order chi connectivity index (χ0) is 17.1. The minimum atomic E-state index is -0.523. The number of carbonyl (C=O) groups excluding carboxylic acids is 1. The summed E-state index contributed by atoms with van der Waals surface area (Å²) in [6, 6.07) is 11.7. The van der Waals surface area contributed by atoms with Crippen molar-refractivity contribution in [3.8, 4) is 17.2 Å². The van der Waals surface area contributed by atoms with Gasteiger partial charge in [0, 0.05) is 11.6 Å². The van der Waals surface area contributed by atoms with Crippen molar-refractivity contribution < 1.29 is 19.0 Å². The molecule has 0 atom stereocenters. The third-order valence-corrected chi connectivity index (χ3v) is 3.83. The average molecular weight is 344 g/mol. The number of nitrogens with zero attached hydrogens (tertiary/aromatic N) is 1. The van der Waals surface area contributed by atoms with Crippen molar-refractivity contribution in [3.63, 3.8) is 0 Å². The van der Waals surface area contributed by atoms with E-state index in [9.17, 15) is 4.79 Å². The Labute approximate surface area is 143 Å². The van der Waals surface area contributed by atoms with Crippen LogP contribution in [0, 0.1) is 0 Å². The summed E-state index contributed by atoms with van der Waals surface area (Å²) in [5, 5.41) is 1.26. The molecule has 24 heavy (non-hydrogen) atoms. The Balaban J connectivity index is 1.95. The predicted octanol–water partition coefficient (Wildman–Crippen LogP) is 4.12. The molecule has 0 radical (unpaired) electrons. The molecule has 0 aliphatic heterocycles. The zero-order valence-electron chi connectivity index (χ0n) is 13.1. The van der Waals surface area contributed by atoms with Gasteiger partial charge >= 0.3 is 5.97 Å². The van der Waals surface area contributed by atoms with Crippen LogP contribution in [0.1, 0.15) is 10.4 Å². The average Bonchev–Trinajstić information content (AvgIpc) is 2.63. The molecule has 3 rings (SSSR count). The molecule has 0 aliphatic rings. The van der Waals surface area contributed by atoms with Crippen LogP contribution in [0.4, 0.5) is 0 Å². The van der Waals surface area contributed by atoms with E-state index in [1.807, 2.05) is 6.07 Å². The van der Waals surface area contributed by atoms with Gasteiger partial charge in [-0.25, -0.2) is 4.79 Å². The van der Waals surface area contributed by atoms with Gasteiger partial charge < -0.3 is 14.2 Å². The van der Waals surface area contributed by atoms with Crippen LogP contribution in [-0.2, 0) is 0 Å². The molecule has 6 heteroatoms. The lowest BCUT2D eigenvalue weighted by Crippen LogP contribution is -2.09. The third-order valence-electron chi connectivity index (χ3n) is 3.50. The highest BCUT2D eigenvalue weighted by atomic mass is 35.5. The fraction of sp³-hybridized carbons (Fsp3) is 0.111. The molecule has 3 aromatic rings. The molecule has 0 spiro atoms. The second-order valence-corrected chi connectivity index (χ2v) is 5.31. The third kappa shape index (κ3) is 2.98. The number of carbonyl (C=O) groups is 1. The number of methoxy groups -OCH3 is 2. The highest BCUT2D eigenvalue weighted by molar-refractivity contribution is 6.35. The van der Waals surface area contributed by atoms with E-state index in [2.05, 4.69) is 4.98 Å². The van der Waals surface area contributed by atoms with Gasteiger partial charge in [0.1, 0.15) is 5.52 Å². The van der Waals surface area contributed by atoms with Gasteiger partial charge in [0.05, 0.1) is 24.8 Å². The first-order valence-electron chi connectivity index (χ1n) is 7.11. The maximum absolute atomic E-state index is 12.4. The van der Waals surface area contributed by atoms with Gasteiger partial charge in [0.2, 0.25) is 0 Å². The van der Waals surface area contributed by atoms with Gasteiger partial charge in [-0.05, 0) is 42.5 Å². The summed E-state index contributed by atoms with van der Waals surface area (Å²) in [6.07, 6.45) is 1.62. The summed E-state index contributed by atoms with van der Waals surface area (Å²) < 4.78 is 15.8. The number of aromatic nitrogens is 1. The number of hydrogen-bond acceptors (Lipinski definition) is 5. The predicted molar refractivity (Wildman–Crippen MR) is 91.3 cm³/mol. The number of fused-ring (bicyclic) bond motifs is 1. The van der Waals surface area contributed by atoms with Crippen LogP contribution in [0.2, 0.25) is 5.02 Å². The number of pyridine rings is 1. The van der Waals surface area contributed by atoms with Crippen molar-refractivity contribution in [2.45, 2.75) is 0 Å². The van der Waals surface area contributed by atoms with E-state index in [-0.39, 0.29) is 0 Å². The standard InChI is InChI=1S/C18H14ClNO4/c1-22-14-7-5-11(10-16(14)23-2)18(21)24-15-8-6-13(19)12-4-3-9-20-17(12)15/h3-10H,1-2H3. The number of benzene rings is 2. The Morgan fingerprint density at radius 3 is 2.50 bits per heavy atom. The van der Waals surface area contributed by atoms with E-state index in [4.69, 9.17) is 25.8 Å². The molecule has 0 saturated heterocycles. The highest BCUT2D eigenvalue weighted by Gasteiger charge is 2.15. The number of rotatable bonds is 4. The first-order valence-corrected chi connectivity index (χ1v) is 7.49. The second kappa shape index (κ2) is 6.76. The number of hydrogen-bond donors (Lipinski definition) is 0. The summed E-state index contributed by atoms with van der Waals surface area (Å²) in [5.41, 5.74) is 0.866. The van der Waals surface area contributed by atoms with Crippen molar-refractivity contribution in [1.82, 2.24) is 4.98 Å². The van der Waals surface area contributed by atoms with E-state index in [1.165, 1.54) is 14.2 Å². The Morgan fingerprint density at radius 1 is 1.00 bits per heavy atom. The van der Waals surface area contributed by atoms with Crippen molar-refractivity contribution in [1.29, 1.82) is 0 Å². The maximum Gasteiger partial charge on any atom is 0.343 e. The summed E-state index contributed by atoms with van der Waals surface area (Å²) in [5.74, 6) is 0.804. The fourth-order valence-corrected chi connectivity index (χ4v) is 2.53. The van der Waals surface area contributed by atoms with Crippen LogP contribution in [0.3, 0.4) is 0 Å². The van der Waals surface area contributed by atoms with E-state index >= 15 is 0 Å². The molecule has 0 unspecified atom stereocenters. The monoisotopic (exact) mass is 343 g/mol. The second-order valence-electron chi connectivity index (χ2n) is 4.90. The molecule has 1 aromatic heterocycles. The highest BCUT2D eigenvalue weighted by Crippen LogP contribution is 2.31. The number of ether oxygens (including phenoxy) is 3. The van der Waals surface area contributed by atoms with E-state index in [0.29, 0.717) is 33.4 Å². The van der Waals surface area contributed by atoms with Crippen LogP contribution in [0.5, 0.6) is 17.2 Å². The van der Waals surface area contributed by atoms with Gasteiger partial charge in [0.25, 0.3) is 0 Å².